The Kier molecular flexibility index (Phi) is 6.23. The Morgan fingerprint density at radius 1 is 0.778 bits per heavy atom. The van der Waals surface area contributed by atoms with Gasteiger partial charge in [-0.2, -0.15) is 0 Å². The van der Waals surface area contributed by atoms with Gasteiger partial charge < -0.3 is 10.6 Å². The minimum atomic E-state index is -0.266. The van der Waals surface area contributed by atoms with Crippen LogP contribution in [-0.4, -0.2) is 11.8 Å². The molecule has 3 aromatic rings. The second-order valence-corrected chi connectivity index (χ2v) is 6.52. The normalized spacial score (nSPS) is 10.3. The van der Waals surface area contributed by atoms with Crippen LogP contribution in [0.3, 0.4) is 0 Å². The monoisotopic (exact) mass is 378 g/mol. The van der Waals surface area contributed by atoms with E-state index in [1.807, 2.05) is 30.3 Å². The first-order chi connectivity index (χ1) is 13.1. The minimum absolute atomic E-state index is 0.0914. The highest BCUT2D eigenvalue weighted by atomic mass is 35.5. The number of hydrogen-bond acceptors (Lipinski definition) is 2. The molecule has 0 saturated heterocycles. The molecule has 0 aliphatic rings. The smallest absolute Gasteiger partial charge is 0.255 e. The van der Waals surface area contributed by atoms with E-state index in [4.69, 9.17) is 11.6 Å². The van der Waals surface area contributed by atoms with Crippen molar-refractivity contribution >= 4 is 34.8 Å². The summed E-state index contributed by atoms with van der Waals surface area (Å²) in [4.78, 5) is 24.6. The van der Waals surface area contributed by atoms with Crippen LogP contribution < -0.4 is 10.6 Å². The maximum atomic E-state index is 12.4. The first kappa shape index (κ1) is 18.7. The molecule has 0 fully saturated rings. The van der Waals surface area contributed by atoms with Crippen LogP contribution in [0.25, 0.3) is 0 Å². The fourth-order valence-electron chi connectivity index (χ4n) is 2.63. The average molecular weight is 379 g/mol. The maximum Gasteiger partial charge on any atom is 0.255 e. The SMILES string of the molecule is O=C(CCc1ccccc1)Nc1cccc(C(=O)Nc2cccc(Cl)c2)c1. The fourth-order valence-corrected chi connectivity index (χ4v) is 2.82. The van der Waals surface area contributed by atoms with Gasteiger partial charge in [0, 0.05) is 28.4 Å². The van der Waals surface area contributed by atoms with E-state index in [2.05, 4.69) is 10.6 Å². The Bertz CT molecular complexity index is 942. The summed E-state index contributed by atoms with van der Waals surface area (Å²) >= 11 is 5.93. The molecule has 0 unspecified atom stereocenters. The predicted octanol–water partition coefficient (Wildman–Crippen LogP) is 5.16. The molecule has 0 spiro atoms. The maximum absolute atomic E-state index is 12.4. The van der Waals surface area contributed by atoms with Crippen molar-refractivity contribution in [2.45, 2.75) is 12.8 Å². The zero-order valence-corrected chi connectivity index (χ0v) is 15.4. The Morgan fingerprint density at radius 3 is 2.22 bits per heavy atom. The number of anilines is 2. The number of aryl methyl sites for hydroxylation is 1. The number of benzene rings is 3. The summed E-state index contributed by atoms with van der Waals surface area (Å²) in [6, 6.07) is 23.6. The standard InChI is InChI=1S/C22H19ClN2O2/c23-18-9-5-11-20(15-18)25-22(27)17-8-4-10-19(14-17)24-21(26)13-12-16-6-2-1-3-7-16/h1-11,14-15H,12-13H2,(H,24,26)(H,25,27). The highest BCUT2D eigenvalue weighted by molar-refractivity contribution is 6.31. The summed E-state index contributed by atoms with van der Waals surface area (Å²) in [5, 5.41) is 6.18. The molecule has 3 rings (SSSR count). The van der Waals surface area contributed by atoms with Gasteiger partial charge in [-0.15, -0.1) is 0 Å². The summed E-state index contributed by atoms with van der Waals surface area (Å²) in [7, 11) is 0. The number of hydrogen-bond donors (Lipinski definition) is 2. The molecule has 3 aromatic carbocycles. The number of carbonyl (C=O) groups is 2. The van der Waals surface area contributed by atoms with E-state index in [9.17, 15) is 9.59 Å². The molecule has 4 nitrogen and oxygen atoms in total. The van der Waals surface area contributed by atoms with E-state index in [0.717, 1.165) is 5.56 Å². The van der Waals surface area contributed by atoms with Crippen LogP contribution in [0.5, 0.6) is 0 Å². The highest BCUT2D eigenvalue weighted by Gasteiger charge is 2.09. The fraction of sp³-hybridized carbons (Fsp3) is 0.0909. The Morgan fingerprint density at radius 2 is 1.48 bits per heavy atom. The molecule has 0 atom stereocenters. The quantitative estimate of drug-likeness (QED) is 0.622. The number of rotatable bonds is 6. The molecule has 27 heavy (non-hydrogen) atoms. The van der Waals surface area contributed by atoms with Crippen LogP contribution in [-0.2, 0) is 11.2 Å². The third kappa shape index (κ3) is 5.69. The van der Waals surface area contributed by atoms with Gasteiger partial charge in [0.15, 0.2) is 0 Å². The van der Waals surface area contributed by atoms with Crippen molar-refractivity contribution in [3.8, 4) is 0 Å². The molecule has 0 aromatic heterocycles. The largest absolute Gasteiger partial charge is 0.326 e. The van der Waals surface area contributed by atoms with Crippen LogP contribution in [0.1, 0.15) is 22.3 Å². The Labute approximate surface area is 163 Å². The molecule has 0 radical (unpaired) electrons. The first-order valence-electron chi connectivity index (χ1n) is 8.61. The summed E-state index contributed by atoms with van der Waals surface area (Å²) < 4.78 is 0. The molecule has 0 saturated carbocycles. The summed E-state index contributed by atoms with van der Waals surface area (Å²) in [5.74, 6) is -0.357. The molecular weight excluding hydrogens is 360 g/mol. The van der Waals surface area contributed by atoms with Gasteiger partial charge in [-0.05, 0) is 48.4 Å². The third-order valence-corrected chi connectivity index (χ3v) is 4.21. The molecule has 5 heteroatoms. The topological polar surface area (TPSA) is 58.2 Å². The second kappa shape index (κ2) is 9.01. The van der Waals surface area contributed by atoms with Crippen molar-refractivity contribution in [2.24, 2.45) is 0 Å². The van der Waals surface area contributed by atoms with Gasteiger partial charge >= 0.3 is 0 Å². The van der Waals surface area contributed by atoms with Crippen molar-refractivity contribution in [3.63, 3.8) is 0 Å². The zero-order chi connectivity index (χ0) is 19.1. The third-order valence-electron chi connectivity index (χ3n) is 3.97. The number of nitrogens with one attached hydrogen (secondary N) is 2. The number of amides is 2. The van der Waals surface area contributed by atoms with E-state index in [1.165, 1.54) is 0 Å². The van der Waals surface area contributed by atoms with Gasteiger partial charge in [0.1, 0.15) is 0 Å². The van der Waals surface area contributed by atoms with Gasteiger partial charge in [-0.1, -0.05) is 54.1 Å². The lowest BCUT2D eigenvalue weighted by Gasteiger charge is -2.09. The Hall–Kier alpha value is -3.11. The highest BCUT2D eigenvalue weighted by Crippen LogP contribution is 2.17. The van der Waals surface area contributed by atoms with Crippen LogP contribution >= 0.6 is 11.6 Å². The van der Waals surface area contributed by atoms with Crippen molar-refractivity contribution in [2.75, 3.05) is 10.6 Å². The summed E-state index contributed by atoms with van der Waals surface area (Å²) in [6.07, 6.45) is 1.05. The van der Waals surface area contributed by atoms with Crippen LogP contribution in [0, 0.1) is 0 Å². The Balaban J connectivity index is 1.59. The van der Waals surface area contributed by atoms with Crippen molar-refractivity contribution in [1.82, 2.24) is 0 Å². The first-order valence-corrected chi connectivity index (χ1v) is 8.99. The molecular formula is C22H19ClN2O2. The van der Waals surface area contributed by atoms with Gasteiger partial charge in [0.05, 0.1) is 0 Å². The van der Waals surface area contributed by atoms with Crippen molar-refractivity contribution in [3.05, 3.63) is 95.0 Å². The van der Waals surface area contributed by atoms with E-state index in [1.54, 1.807) is 48.5 Å². The van der Waals surface area contributed by atoms with Crippen LogP contribution in [0.4, 0.5) is 11.4 Å². The predicted molar refractivity (Wildman–Crippen MR) is 109 cm³/mol. The van der Waals surface area contributed by atoms with E-state index < -0.39 is 0 Å². The summed E-state index contributed by atoms with van der Waals surface area (Å²) in [5.41, 5.74) is 2.77. The van der Waals surface area contributed by atoms with Crippen LogP contribution in [0.2, 0.25) is 5.02 Å². The zero-order valence-electron chi connectivity index (χ0n) is 14.6. The second-order valence-electron chi connectivity index (χ2n) is 6.08. The molecule has 0 aliphatic heterocycles. The lowest BCUT2D eigenvalue weighted by molar-refractivity contribution is -0.116. The van der Waals surface area contributed by atoms with Gasteiger partial charge in [-0.3, -0.25) is 9.59 Å². The molecule has 2 N–H and O–H groups in total. The van der Waals surface area contributed by atoms with Crippen molar-refractivity contribution in [1.29, 1.82) is 0 Å². The van der Waals surface area contributed by atoms with E-state index >= 15 is 0 Å². The lowest BCUT2D eigenvalue weighted by atomic mass is 10.1. The van der Waals surface area contributed by atoms with Gasteiger partial charge in [0.25, 0.3) is 5.91 Å². The van der Waals surface area contributed by atoms with Gasteiger partial charge in [0.2, 0.25) is 5.91 Å². The van der Waals surface area contributed by atoms with Gasteiger partial charge in [-0.25, -0.2) is 0 Å². The number of carbonyl (C=O) groups excluding carboxylic acids is 2. The lowest BCUT2D eigenvalue weighted by Crippen LogP contribution is -2.15. The summed E-state index contributed by atoms with van der Waals surface area (Å²) in [6.45, 7) is 0. The van der Waals surface area contributed by atoms with E-state index in [-0.39, 0.29) is 11.8 Å². The van der Waals surface area contributed by atoms with Crippen molar-refractivity contribution < 1.29 is 9.59 Å². The molecule has 0 bridgehead atoms. The molecule has 2 amide bonds. The molecule has 136 valence electrons. The molecule has 0 heterocycles. The van der Waals surface area contributed by atoms with Crippen LogP contribution in [0.15, 0.2) is 78.9 Å². The van der Waals surface area contributed by atoms with E-state index in [0.29, 0.717) is 34.8 Å². The number of halogens is 1. The average Bonchev–Trinajstić information content (AvgIpc) is 2.67. The minimum Gasteiger partial charge on any atom is -0.326 e. The molecule has 0 aliphatic carbocycles.